The third-order valence-electron chi connectivity index (χ3n) is 2.33. The van der Waals surface area contributed by atoms with Gasteiger partial charge < -0.3 is 14.6 Å². The van der Waals surface area contributed by atoms with Crippen molar-refractivity contribution < 1.29 is 24.2 Å². The molecule has 0 unspecified atom stereocenters. The molecule has 88 valence electrons. The number of Topliss-reactive ketones (excluding diaryl/α,β-unsaturated/α-hetero) is 1. The van der Waals surface area contributed by atoms with E-state index >= 15 is 0 Å². The van der Waals surface area contributed by atoms with E-state index in [0.717, 1.165) is 0 Å². The van der Waals surface area contributed by atoms with Gasteiger partial charge in [0, 0.05) is 6.07 Å². The Morgan fingerprint density at radius 2 is 2.29 bits per heavy atom. The minimum atomic E-state index is -1.10. The number of hydrogen-bond acceptors (Lipinski definition) is 4. The van der Waals surface area contributed by atoms with Crippen LogP contribution in [0.25, 0.3) is 0 Å². The fourth-order valence-electron chi connectivity index (χ4n) is 1.40. The maximum absolute atomic E-state index is 11.3. The van der Waals surface area contributed by atoms with Crippen LogP contribution in [0.15, 0.2) is 30.4 Å². The Bertz CT molecular complexity index is 504. The molecule has 0 amide bonds. The summed E-state index contributed by atoms with van der Waals surface area (Å²) in [6, 6.07) is 4.76. The molecule has 0 atom stereocenters. The average Bonchev–Trinajstić information content (AvgIpc) is 2.67. The van der Waals surface area contributed by atoms with Gasteiger partial charge in [-0.2, -0.15) is 0 Å². The first-order valence-corrected chi connectivity index (χ1v) is 4.92. The van der Waals surface area contributed by atoms with E-state index in [1.54, 1.807) is 18.2 Å². The van der Waals surface area contributed by atoms with Gasteiger partial charge in [0.25, 0.3) is 0 Å². The summed E-state index contributed by atoms with van der Waals surface area (Å²) in [5, 5.41) is 8.60. The summed E-state index contributed by atoms with van der Waals surface area (Å²) < 4.78 is 10.4. The first-order valence-electron chi connectivity index (χ1n) is 4.92. The summed E-state index contributed by atoms with van der Waals surface area (Å²) in [5.41, 5.74) is 0.483. The number of aliphatic carboxylic acids is 1. The van der Waals surface area contributed by atoms with Crippen molar-refractivity contribution >= 4 is 11.8 Å². The number of rotatable bonds is 4. The fourth-order valence-corrected chi connectivity index (χ4v) is 1.40. The summed E-state index contributed by atoms with van der Waals surface area (Å²) in [4.78, 5) is 21.8. The lowest BCUT2D eigenvalue weighted by Gasteiger charge is -2.06. The lowest BCUT2D eigenvalue weighted by Crippen LogP contribution is -2.08. The van der Waals surface area contributed by atoms with Crippen LogP contribution in [0.1, 0.15) is 10.4 Å². The second-order valence-electron chi connectivity index (χ2n) is 3.57. The van der Waals surface area contributed by atoms with Gasteiger partial charge in [-0.05, 0) is 12.1 Å². The summed E-state index contributed by atoms with van der Waals surface area (Å²) >= 11 is 0. The van der Waals surface area contributed by atoms with Crippen LogP contribution in [0.3, 0.4) is 0 Å². The SMILES string of the molecule is C=C(COc1ccc2c(c1)OCC2=O)C(=O)O. The third kappa shape index (κ3) is 2.28. The third-order valence-corrected chi connectivity index (χ3v) is 2.33. The van der Waals surface area contributed by atoms with Gasteiger partial charge in [-0.1, -0.05) is 6.58 Å². The Hall–Kier alpha value is -2.30. The number of carbonyl (C=O) groups is 2. The van der Waals surface area contributed by atoms with Crippen LogP contribution in [0.5, 0.6) is 11.5 Å². The molecule has 0 bridgehead atoms. The number of benzene rings is 1. The summed E-state index contributed by atoms with van der Waals surface area (Å²) in [6.45, 7) is 3.28. The van der Waals surface area contributed by atoms with Gasteiger partial charge >= 0.3 is 5.97 Å². The van der Waals surface area contributed by atoms with E-state index in [9.17, 15) is 9.59 Å². The highest BCUT2D eigenvalue weighted by atomic mass is 16.5. The zero-order valence-electron chi connectivity index (χ0n) is 8.93. The molecule has 1 heterocycles. The highest BCUT2D eigenvalue weighted by Crippen LogP contribution is 2.29. The fraction of sp³-hybridized carbons (Fsp3) is 0.167. The number of fused-ring (bicyclic) bond motifs is 1. The molecular weight excluding hydrogens is 224 g/mol. The number of carboxylic acid groups (broad SMARTS) is 1. The van der Waals surface area contributed by atoms with Gasteiger partial charge in [-0.25, -0.2) is 4.79 Å². The smallest absolute Gasteiger partial charge is 0.334 e. The van der Waals surface area contributed by atoms with E-state index < -0.39 is 5.97 Å². The molecule has 0 radical (unpaired) electrons. The number of carboxylic acids is 1. The zero-order chi connectivity index (χ0) is 12.4. The molecule has 0 aliphatic carbocycles. The largest absolute Gasteiger partial charge is 0.489 e. The average molecular weight is 234 g/mol. The summed E-state index contributed by atoms with van der Waals surface area (Å²) in [5.74, 6) is -0.256. The standard InChI is InChI=1S/C12H10O5/c1-7(12(14)15)5-16-8-2-3-9-10(13)6-17-11(9)4-8/h2-4H,1,5-6H2,(H,14,15). The van der Waals surface area contributed by atoms with Crippen LogP contribution >= 0.6 is 0 Å². The van der Waals surface area contributed by atoms with Crippen LogP contribution in [-0.4, -0.2) is 30.1 Å². The predicted molar refractivity (Wildman–Crippen MR) is 58.5 cm³/mol. The minimum absolute atomic E-state index is 0.0394. The van der Waals surface area contributed by atoms with E-state index in [2.05, 4.69) is 6.58 Å². The molecular formula is C12H10O5. The Morgan fingerprint density at radius 1 is 1.53 bits per heavy atom. The van der Waals surface area contributed by atoms with Crippen molar-refractivity contribution in [3.8, 4) is 11.5 Å². The van der Waals surface area contributed by atoms with Crippen molar-refractivity contribution in [1.29, 1.82) is 0 Å². The van der Waals surface area contributed by atoms with Crippen LogP contribution in [0, 0.1) is 0 Å². The van der Waals surface area contributed by atoms with E-state index in [1.165, 1.54) is 0 Å². The molecule has 1 N–H and O–H groups in total. The van der Waals surface area contributed by atoms with Crippen LogP contribution in [-0.2, 0) is 4.79 Å². The van der Waals surface area contributed by atoms with Gasteiger partial charge in [0.1, 0.15) is 18.1 Å². The topological polar surface area (TPSA) is 72.8 Å². The molecule has 1 aromatic rings. The van der Waals surface area contributed by atoms with Crippen molar-refractivity contribution in [2.45, 2.75) is 0 Å². The second-order valence-corrected chi connectivity index (χ2v) is 3.57. The van der Waals surface area contributed by atoms with Crippen LogP contribution < -0.4 is 9.47 Å². The summed E-state index contributed by atoms with van der Waals surface area (Å²) in [7, 11) is 0. The van der Waals surface area contributed by atoms with E-state index in [4.69, 9.17) is 14.6 Å². The second kappa shape index (κ2) is 4.29. The van der Waals surface area contributed by atoms with Crippen molar-refractivity contribution in [3.63, 3.8) is 0 Å². The van der Waals surface area contributed by atoms with Crippen molar-refractivity contribution in [2.75, 3.05) is 13.2 Å². The predicted octanol–water partition coefficient (Wildman–Crippen LogP) is 1.28. The molecule has 17 heavy (non-hydrogen) atoms. The Balaban J connectivity index is 2.06. The maximum atomic E-state index is 11.3. The molecule has 1 aromatic carbocycles. The molecule has 1 aliphatic heterocycles. The summed E-state index contributed by atoms with van der Waals surface area (Å²) in [6.07, 6.45) is 0. The van der Waals surface area contributed by atoms with Gasteiger partial charge in [0.2, 0.25) is 5.78 Å². The molecule has 1 aliphatic rings. The number of hydrogen-bond donors (Lipinski definition) is 1. The Morgan fingerprint density at radius 3 is 3.00 bits per heavy atom. The quantitative estimate of drug-likeness (QED) is 0.794. The van der Waals surface area contributed by atoms with Crippen molar-refractivity contribution in [2.24, 2.45) is 0 Å². The molecule has 0 aromatic heterocycles. The Kier molecular flexibility index (Phi) is 2.82. The monoisotopic (exact) mass is 234 g/mol. The van der Waals surface area contributed by atoms with Gasteiger partial charge in [-0.3, -0.25) is 4.79 Å². The lowest BCUT2D eigenvalue weighted by atomic mass is 10.1. The number of ketones is 1. The maximum Gasteiger partial charge on any atom is 0.334 e. The molecule has 0 spiro atoms. The molecule has 0 saturated heterocycles. The first-order chi connectivity index (χ1) is 8.08. The Labute approximate surface area is 97.3 Å². The number of ether oxygens (including phenoxy) is 2. The molecule has 5 nitrogen and oxygen atoms in total. The van der Waals surface area contributed by atoms with E-state index in [-0.39, 0.29) is 24.6 Å². The van der Waals surface area contributed by atoms with E-state index in [0.29, 0.717) is 17.1 Å². The molecule has 0 fully saturated rings. The zero-order valence-corrected chi connectivity index (χ0v) is 8.93. The lowest BCUT2D eigenvalue weighted by molar-refractivity contribution is -0.133. The first kappa shape index (κ1) is 11.2. The van der Waals surface area contributed by atoms with Gasteiger partial charge in [-0.15, -0.1) is 0 Å². The highest BCUT2D eigenvalue weighted by Gasteiger charge is 2.21. The van der Waals surface area contributed by atoms with Crippen molar-refractivity contribution in [3.05, 3.63) is 35.9 Å². The van der Waals surface area contributed by atoms with Crippen LogP contribution in [0.4, 0.5) is 0 Å². The molecule has 2 rings (SSSR count). The molecule has 5 heteroatoms. The normalized spacial score (nSPS) is 12.8. The van der Waals surface area contributed by atoms with Gasteiger partial charge in [0.15, 0.2) is 6.61 Å². The van der Waals surface area contributed by atoms with Crippen LogP contribution in [0.2, 0.25) is 0 Å². The van der Waals surface area contributed by atoms with Gasteiger partial charge in [0.05, 0.1) is 11.1 Å². The number of carbonyl (C=O) groups excluding carboxylic acids is 1. The minimum Gasteiger partial charge on any atom is -0.489 e. The van der Waals surface area contributed by atoms with Crippen molar-refractivity contribution in [1.82, 2.24) is 0 Å². The van der Waals surface area contributed by atoms with E-state index in [1.807, 2.05) is 0 Å². The highest BCUT2D eigenvalue weighted by molar-refractivity contribution is 6.02. The molecule has 0 saturated carbocycles.